The molecule has 2 aromatic carbocycles. The van der Waals surface area contributed by atoms with Crippen LogP contribution >= 0.6 is 11.6 Å². The zero-order valence-electron chi connectivity index (χ0n) is 11.5. The molecule has 0 aromatic heterocycles. The molecule has 0 amide bonds. The van der Waals surface area contributed by atoms with Crippen molar-refractivity contribution in [1.82, 2.24) is 0 Å². The Balaban J connectivity index is 2.21. The first-order valence-corrected chi connectivity index (χ1v) is 6.74. The van der Waals surface area contributed by atoms with E-state index in [9.17, 15) is 0 Å². The average Bonchev–Trinajstić information content (AvgIpc) is 2.39. The Hall–Kier alpha value is -1.67. The van der Waals surface area contributed by atoms with Gasteiger partial charge in [0.1, 0.15) is 11.5 Å². The highest BCUT2D eigenvalue weighted by Crippen LogP contribution is 2.27. The van der Waals surface area contributed by atoms with Gasteiger partial charge in [0.05, 0.1) is 0 Å². The van der Waals surface area contributed by atoms with E-state index in [0.29, 0.717) is 5.88 Å². The van der Waals surface area contributed by atoms with Crippen LogP contribution in [0.3, 0.4) is 0 Å². The molecule has 0 atom stereocenters. The molecule has 2 rings (SSSR count). The van der Waals surface area contributed by atoms with Crippen molar-refractivity contribution in [3.63, 3.8) is 0 Å². The molecule has 0 spiro atoms. The lowest BCUT2D eigenvalue weighted by atomic mass is 10.1. The van der Waals surface area contributed by atoms with E-state index in [1.165, 1.54) is 0 Å². The van der Waals surface area contributed by atoms with E-state index in [4.69, 9.17) is 16.3 Å². The van der Waals surface area contributed by atoms with Gasteiger partial charge in [0.25, 0.3) is 0 Å². The first-order valence-electron chi connectivity index (χ1n) is 6.21. The molecular formula is C16H18ClNO. The van der Waals surface area contributed by atoms with Crippen LogP contribution in [-0.4, -0.2) is 14.1 Å². The summed E-state index contributed by atoms with van der Waals surface area (Å²) in [7, 11) is 4.02. The third-order valence-corrected chi connectivity index (χ3v) is 3.32. The van der Waals surface area contributed by atoms with Crippen molar-refractivity contribution in [1.29, 1.82) is 0 Å². The largest absolute Gasteiger partial charge is 0.457 e. The minimum Gasteiger partial charge on any atom is -0.457 e. The Morgan fingerprint density at radius 1 is 1.05 bits per heavy atom. The van der Waals surface area contributed by atoms with Crippen molar-refractivity contribution in [3.8, 4) is 11.5 Å². The molecule has 2 nitrogen and oxygen atoms in total. The summed E-state index contributed by atoms with van der Waals surface area (Å²) in [5.41, 5.74) is 3.40. The van der Waals surface area contributed by atoms with Gasteiger partial charge in [0.2, 0.25) is 0 Å². The standard InChI is InChI=1S/C16H18ClNO/c1-12-9-16(8-7-13(12)11-17)19-15-6-4-5-14(10-15)18(2)3/h4-10H,11H2,1-3H3. The van der Waals surface area contributed by atoms with Crippen molar-refractivity contribution < 1.29 is 4.74 Å². The summed E-state index contributed by atoms with van der Waals surface area (Å²) < 4.78 is 5.88. The zero-order valence-corrected chi connectivity index (χ0v) is 12.2. The maximum Gasteiger partial charge on any atom is 0.129 e. The third-order valence-electron chi connectivity index (χ3n) is 3.03. The van der Waals surface area contributed by atoms with E-state index >= 15 is 0 Å². The fourth-order valence-electron chi connectivity index (χ4n) is 1.84. The average molecular weight is 276 g/mol. The molecule has 19 heavy (non-hydrogen) atoms. The van der Waals surface area contributed by atoms with Crippen molar-refractivity contribution in [2.24, 2.45) is 0 Å². The molecule has 0 saturated carbocycles. The number of anilines is 1. The van der Waals surface area contributed by atoms with Crippen molar-refractivity contribution in [2.75, 3.05) is 19.0 Å². The molecule has 3 heteroatoms. The highest BCUT2D eigenvalue weighted by molar-refractivity contribution is 6.17. The first-order chi connectivity index (χ1) is 9.10. The summed E-state index contributed by atoms with van der Waals surface area (Å²) >= 11 is 5.85. The maximum atomic E-state index is 5.88. The molecule has 0 aliphatic rings. The van der Waals surface area contributed by atoms with Gasteiger partial charge >= 0.3 is 0 Å². The van der Waals surface area contributed by atoms with Crippen molar-refractivity contribution >= 4 is 17.3 Å². The van der Waals surface area contributed by atoms with Crippen LogP contribution in [0.5, 0.6) is 11.5 Å². The monoisotopic (exact) mass is 275 g/mol. The van der Waals surface area contributed by atoms with Crippen molar-refractivity contribution in [2.45, 2.75) is 12.8 Å². The fraction of sp³-hybridized carbons (Fsp3) is 0.250. The minimum atomic E-state index is 0.530. The lowest BCUT2D eigenvalue weighted by Crippen LogP contribution is -2.08. The van der Waals surface area contributed by atoms with Crippen LogP contribution in [-0.2, 0) is 5.88 Å². The van der Waals surface area contributed by atoms with E-state index in [-0.39, 0.29) is 0 Å². The number of alkyl halides is 1. The molecule has 0 radical (unpaired) electrons. The summed E-state index contributed by atoms with van der Waals surface area (Å²) in [6, 6.07) is 14.0. The summed E-state index contributed by atoms with van der Waals surface area (Å²) in [4.78, 5) is 2.05. The Labute approximate surface area is 119 Å². The summed E-state index contributed by atoms with van der Waals surface area (Å²) in [5.74, 6) is 2.20. The van der Waals surface area contributed by atoms with Crippen molar-refractivity contribution in [3.05, 3.63) is 53.6 Å². The van der Waals surface area contributed by atoms with Gasteiger partial charge in [-0.15, -0.1) is 11.6 Å². The van der Waals surface area contributed by atoms with Gasteiger partial charge < -0.3 is 9.64 Å². The van der Waals surface area contributed by atoms with E-state index in [1.807, 2.05) is 57.4 Å². The Bertz CT molecular complexity index is 566. The molecule has 0 N–H and O–H groups in total. The minimum absolute atomic E-state index is 0.530. The van der Waals surface area contributed by atoms with Gasteiger partial charge in [-0.25, -0.2) is 0 Å². The number of nitrogens with zero attached hydrogens (tertiary/aromatic N) is 1. The predicted octanol–water partition coefficient (Wildman–Crippen LogP) is 4.59. The number of halogens is 1. The van der Waals surface area contributed by atoms with Gasteiger partial charge in [-0.05, 0) is 42.3 Å². The van der Waals surface area contributed by atoms with E-state index < -0.39 is 0 Å². The Morgan fingerprint density at radius 3 is 2.42 bits per heavy atom. The topological polar surface area (TPSA) is 12.5 Å². The Kier molecular flexibility index (Phi) is 4.33. The predicted molar refractivity (Wildman–Crippen MR) is 81.6 cm³/mol. The van der Waals surface area contributed by atoms with Crippen LogP contribution in [0.15, 0.2) is 42.5 Å². The second kappa shape index (κ2) is 5.98. The van der Waals surface area contributed by atoms with Gasteiger partial charge in [-0.3, -0.25) is 0 Å². The van der Waals surface area contributed by atoms with Gasteiger partial charge in [-0.2, -0.15) is 0 Å². The SMILES string of the molecule is Cc1cc(Oc2cccc(N(C)C)c2)ccc1CCl. The molecule has 0 fully saturated rings. The van der Waals surface area contributed by atoms with Gasteiger partial charge in [0, 0.05) is 31.7 Å². The number of rotatable bonds is 4. The van der Waals surface area contributed by atoms with Crippen LogP contribution in [0.2, 0.25) is 0 Å². The maximum absolute atomic E-state index is 5.88. The molecule has 0 unspecified atom stereocenters. The summed E-state index contributed by atoms with van der Waals surface area (Å²) in [5, 5.41) is 0. The molecule has 2 aromatic rings. The summed E-state index contributed by atoms with van der Waals surface area (Å²) in [6.07, 6.45) is 0. The second-order valence-corrected chi connectivity index (χ2v) is 4.98. The normalized spacial score (nSPS) is 10.3. The first kappa shape index (κ1) is 13.8. The van der Waals surface area contributed by atoms with Crippen LogP contribution in [0, 0.1) is 6.92 Å². The van der Waals surface area contributed by atoms with Crippen LogP contribution in [0.1, 0.15) is 11.1 Å². The molecular weight excluding hydrogens is 258 g/mol. The molecule has 0 saturated heterocycles. The number of hydrogen-bond acceptors (Lipinski definition) is 2. The lowest BCUT2D eigenvalue weighted by molar-refractivity contribution is 0.482. The van der Waals surface area contributed by atoms with Crippen LogP contribution in [0.4, 0.5) is 5.69 Å². The zero-order chi connectivity index (χ0) is 13.8. The molecule has 0 bridgehead atoms. The lowest BCUT2D eigenvalue weighted by Gasteiger charge is -2.14. The number of aryl methyl sites for hydroxylation is 1. The highest BCUT2D eigenvalue weighted by atomic mass is 35.5. The van der Waals surface area contributed by atoms with E-state index in [0.717, 1.165) is 28.3 Å². The quantitative estimate of drug-likeness (QED) is 0.757. The van der Waals surface area contributed by atoms with Crippen LogP contribution in [0.25, 0.3) is 0 Å². The van der Waals surface area contributed by atoms with E-state index in [1.54, 1.807) is 0 Å². The molecule has 0 aliphatic carbocycles. The highest BCUT2D eigenvalue weighted by Gasteiger charge is 2.03. The second-order valence-electron chi connectivity index (χ2n) is 4.72. The molecule has 100 valence electrons. The smallest absolute Gasteiger partial charge is 0.129 e. The third kappa shape index (κ3) is 3.42. The number of benzene rings is 2. The number of hydrogen-bond donors (Lipinski definition) is 0. The number of ether oxygens (including phenoxy) is 1. The Morgan fingerprint density at radius 2 is 1.79 bits per heavy atom. The van der Waals surface area contributed by atoms with Crippen LogP contribution < -0.4 is 9.64 Å². The molecule has 0 aliphatic heterocycles. The van der Waals surface area contributed by atoms with E-state index in [2.05, 4.69) is 11.0 Å². The molecule has 0 heterocycles. The fourth-order valence-corrected chi connectivity index (χ4v) is 2.14. The summed E-state index contributed by atoms with van der Waals surface area (Å²) in [6.45, 7) is 2.04. The van der Waals surface area contributed by atoms with Gasteiger partial charge in [0.15, 0.2) is 0 Å². The van der Waals surface area contributed by atoms with Gasteiger partial charge in [-0.1, -0.05) is 12.1 Å².